The lowest BCUT2D eigenvalue weighted by molar-refractivity contribution is -0.109. The molecule has 0 aliphatic heterocycles. The van der Waals surface area contributed by atoms with Gasteiger partial charge in [0.05, 0.1) is 0 Å². The molecule has 0 radical (unpaired) electrons. The van der Waals surface area contributed by atoms with E-state index in [-0.39, 0.29) is 5.92 Å². The Kier molecular flexibility index (Phi) is 4.16. The van der Waals surface area contributed by atoms with E-state index in [9.17, 15) is 4.79 Å². The number of hydrogen-bond donors (Lipinski definition) is 0. The van der Waals surface area contributed by atoms with Crippen LogP contribution in [0.2, 0.25) is 0 Å². The summed E-state index contributed by atoms with van der Waals surface area (Å²) < 4.78 is 0. The Labute approximate surface area is 115 Å². The fourth-order valence-electron chi connectivity index (χ4n) is 2.41. The third kappa shape index (κ3) is 2.93. The number of hydrogen-bond acceptors (Lipinski definition) is 1. The van der Waals surface area contributed by atoms with Gasteiger partial charge in [0.25, 0.3) is 0 Å². The summed E-state index contributed by atoms with van der Waals surface area (Å²) in [6.07, 6.45) is 1.90. The predicted molar refractivity (Wildman–Crippen MR) is 80.4 cm³/mol. The van der Waals surface area contributed by atoms with Crippen LogP contribution in [0.1, 0.15) is 36.0 Å². The van der Waals surface area contributed by atoms with Crippen LogP contribution in [-0.2, 0) is 4.79 Å². The van der Waals surface area contributed by atoms with Crippen LogP contribution in [0, 0.1) is 13.8 Å². The van der Waals surface area contributed by atoms with E-state index >= 15 is 0 Å². The highest BCUT2D eigenvalue weighted by molar-refractivity contribution is 5.68. The quantitative estimate of drug-likeness (QED) is 0.723. The molecule has 0 heterocycles. The predicted octanol–water partition coefficient (Wildman–Crippen LogP) is 4.66. The fraction of sp³-hybridized carbons (Fsp3) is 0.278. The lowest BCUT2D eigenvalue weighted by atomic mass is 9.91. The van der Waals surface area contributed by atoms with E-state index in [1.807, 2.05) is 6.92 Å². The molecule has 0 aromatic heterocycles. The third-order valence-electron chi connectivity index (χ3n) is 3.66. The molecule has 2 rings (SSSR count). The van der Waals surface area contributed by atoms with E-state index < -0.39 is 0 Å². The molecule has 1 atom stereocenters. The first kappa shape index (κ1) is 13.5. The zero-order chi connectivity index (χ0) is 13.8. The minimum atomic E-state index is 0.0204. The molecule has 0 bridgehead atoms. The zero-order valence-electron chi connectivity index (χ0n) is 11.8. The Bertz CT molecular complexity index is 567. The first-order valence-corrected chi connectivity index (χ1v) is 6.78. The summed E-state index contributed by atoms with van der Waals surface area (Å²) in [4.78, 5) is 11.1. The van der Waals surface area contributed by atoms with Crippen molar-refractivity contribution in [2.24, 2.45) is 0 Å². The van der Waals surface area contributed by atoms with Crippen molar-refractivity contribution in [2.45, 2.75) is 33.1 Å². The highest BCUT2D eigenvalue weighted by Gasteiger charge is 2.11. The van der Waals surface area contributed by atoms with E-state index in [0.717, 1.165) is 18.3 Å². The minimum absolute atomic E-state index is 0.0204. The molecule has 0 saturated heterocycles. The summed E-state index contributed by atoms with van der Waals surface area (Å²) in [6.45, 7) is 6.22. The van der Waals surface area contributed by atoms with E-state index in [1.54, 1.807) is 0 Å². The van der Waals surface area contributed by atoms with Crippen LogP contribution in [0.15, 0.2) is 42.5 Å². The molecular weight excluding hydrogens is 232 g/mol. The Morgan fingerprint density at radius 3 is 2.16 bits per heavy atom. The smallest absolute Gasteiger partial charge is 0.127 e. The summed E-state index contributed by atoms with van der Waals surface area (Å²) in [5.74, 6) is 0.0204. The first-order valence-electron chi connectivity index (χ1n) is 6.78. The van der Waals surface area contributed by atoms with Crippen LogP contribution < -0.4 is 0 Å². The van der Waals surface area contributed by atoms with Gasteiger partial charge in [-0.15, -0.1) is 0 Å². The maximum Gasteiger partial charge on any atom is 0.127 e. The van der Waals surface area contributed by atoms with Crippen molar-refractivity contribution >= 4 is 6.29 Å². The van der Waals surface area contributed by atoms with Crippen LogP contribution in [0.4, 0.5) is 0 Å². The Balaban J connectivity index is 2.38. The molecule has 0 spiro atoms. The Hall–Kier alpha value is -1.89. The Morgan fingerprint density at radius 2 is 1.63 bits per heavy atom. The average Bonchev–Trinajstić information content (AvgIpc) is 2.42. The lowest BCUT2D eigenvalue weighted by Crippen LogP contribution is -2.01. The van der Waals surface area contributed by atoms with Crippen molar-refractivity contribution < 1.29 is 4.79 Å². The van der Waals surface area contributed by atoms with Gasteiger partial charge in [0.1, 0.15) is 6.29 Å². The summed E-state index contributed by atoms with van der Waals surface area (Å²) in [5.41, 5.74) is 6.04. The van der Waals surface area contributed by atoms with Gasteiger partial charge in [0.2, 0.25) is 0 Å². The number of carbonyl (C=O) groups is 1. The molecule has 0 amide bonds. The average molecular weight is 252 g/mol. The molecule has 0 saturated carbocycles. The monoisotopic (exact) mass is 252 g/mol. The standard InChI is InChI=1S/C18H20O/c1-4-15(12-19)18-10-9-17(11-14(18)3)16-7-5-13(2)6-8-16/h5-12,15H,4H2,1-3H3. The molecule has 0 aliphatic rings. The number of aldehydes is 1. The van der Waals surface area contributed by atoms with Crippen LogP contribution in [0.5, 0.6) is 0 Å². The third-order valence-corrected chi connectivity index (χ3v) is 3.66. The van der Waals surface area contributed by atoms with Crippen LogP contribution in [-0.4, -0.2) is 6.29 Å². The molecule has 0 aliphatic carbocycles. The fourth-order valence-corrected chi connectivity index (χ4v) is 2.41. The zero-order valence-corrected chi connectivity index (χ0v) is 11.8. The van der Waals surface area contributed by atoms with Gasteiger partial charge in [-0.2, -0.15) is 0 Å². The number of rotatable bonds is 4. The second-order valence-electron chi connectivity index (χ2n) is 5.09. The van der Waals surface area contributed by atoms with Crippen molar-refractivity contribution in [3.05, 3.63) is 59.2 Å². The molecule has 1 unspecified atom stereocenters. The van der Waals surface area contributed by atoms with Crippen LogP contribution in [0.25, 0.3) is 11.1 Å². The molecule has 0 N–H and O–H groups in total. The largest absolute Gasteiger partial charge is 0.303 e. The topological polar surface area (TPSA) is 17.1 Å². The molecule has 1 nitrogen and oxygen atoms in total. The van der Waals surface area contributed by atoms with E-state index in [0.29, 0.717) is 0 Å². The van der Waals surface area contributed by atoms with Crippen molar-refractivity contribution in [3.63, 3.8) is 0 Å². The lowest BCUT2D eigenvalue weighted by Gasteiger charge is -2.13. The van der Waals surface area contributed by atoms with Gasteiger partial charge in [-0.1, -0.05) is 55.0 Å². The van der Waals surface area contributed by atoms with Gasteiger partial charge in [-0.05, 0) is 42.5 Å². The molecule has 2 aromatic rings. The Morgan fingerprint density at radius 1 is 1.00 bits per heavy atom. The summed E-state index contributed by atoms with van der Waals surface area (Å²) >= 11 is 0. The van der Waals surface area contributed by atoms with E-state index in [2.05, 4.69) is 56.3 Å². The van der Waals surface area contributed by atoms with Gasteiger partial charge in [-0.25, -0.2) is 0 Å². The van der Waals surface area contributed by atoms with E-state index in [1.165, 1.54) is 22.3 Å². The van der Waals surface area contributed by atoms with Gasteiger partial charge >= 0.3 is 0 Å². The van der Waals surface area contributed by atoms with E-state index in [4.69, 9.17) is 0 Å². The highest BCUT2D eigenvalue weighted by atomic mass is 16.1. The maximum atomic E-state index is 11.1. The normalized spacial score (nSPS) is 12.2. The van der Waals surface area contributed by atoms with Crippen molar-refractivity contribution in [1.29, 1.82) is 0 Å². The summed E-state index contributed by atoms with van der Waals surface area (Å²) in [6, 6.07) is 14.9. The van der Waals surface area contributed by atoms with Crippen molar-refractivity contribution in [2.75, 3.05) is 0 Å². The van der Waals surface area contributed by atoms with Crippen molar-refractivity contribution in [1.82, 2.24) is 0 Å². The van der Waals surface area contributed by atoms with Gasteiger partial charge < -0.3 is 4.79 Å². The first-order chi connectivity index (χ1) is 9.15. The van der Waals surface area contributed by atoms with Crippen molar-refractivity contribution in [3.8, 4) is 11.1 Å². The molecular formula is C18H20O. The maximum absolute atomic E-state index is 11.1. The van der Waals surface area contributed by atoms with Crippen LogP contribution in [0.3, 0.4) is 0 Å². The van der Waals surface area contributed by atoms with Gasteiger partial charge in [0.15, 0.2) is 0 Å². The second-order valence-corrected chi connectivity index (χ2v) is 5.09. The van der Waals surface area contributed by atoms with Gasteiger partial charge in [-0.3, -0.25) is 0 Å². The SMILES string of the molecule is CCC(C=O)c1ccc(-c2ccc(C)cc2)cc1C. The summed E-state index contributed by atoms with van der Waals surface area (Å²) in [5, 5.41) is 0. The molecule has 19 heavy (non-hydrogen) atoms. The second kappa shape index (κ2) is 5.83. The molecule has 1 heteroatoms. The number of carbonyl (C=O) groups excluding carboxylic acids is 1. The number of aryl methyl sites for hydroxylation is 2. The molecule has 0 fully saturated rings. The molecule has 2 aromatic carbocycles. The number of benzene rings is 2. The minimum Gasteiger partial charge on any atom is -0.303 e. The van der Waals surface area contributed by atoms with Crippen LogP contribution >= 0.6 is 0 Å². The molecule has 98 valence electrons. The highest BCUT2D eigenvalue weighted by Crippen LogP contribution is 2.27. The van der Waals surface area contributed by atoms with Gasteiger partial charge in [0, 0.05) is 5.92 Å². The summed E-state index contributed by atoms with van der Waals surface area (Å²) in [7, 11) is 0.